The van der Waals surface area contributed by atoms with Crippen LogP contribution in [0.1, 0.15) is 106 Å². The van der Waals surface area contributed by atoms with E-state index in [9.17, 15) is 19.8 Å². The van der Waals surface area contributed by atoms with Gasteiger partial charge in [0.15, 0.2) is 0 Å². The summed E-state index contributed by atoms with van der Waals surface area (Å²) >= 11 is 0. The fourth-order valence-corrected chi connectivity index (χ4v) is 10.4. The molecule has 2 N–H and O–H groups in total. The molecule has 0 bridgehead atoms. The second-order valence-corrected chi connectivity index (χ2v) is 14.9. The van der Waals surface area contributed by atoms with Gasteiger partial charge in [-0.05, 0) is 90.8 Å². The molecule has 5 aliphatic carbocycles. The number of aliphatic carboxylic acids is 1. The first-order chi connectivity index (χ1) is 15.6. The van der Waals surface area contributed by atoms with E-state index in [4.69, 9.17) is 0 Å². The van der Waals surface area contributed by atoms with E-state index in [1.165, 1.54) is 5.57 Å². The highest BCUT2D eigenvalue weighted by Crippen LogP contribution is 2.75. The summed E-state index contributed by atoms with van der Waals surface area (Å²) in [5.74, 6) is 0.342. The lowest BCUT2D eigenvalue weighted by atomic mass is 9.33. The van der Waals surface area contributed by atoms with Gasteiger partial charge in [0.1, 0.15) is 5.78 Å². The van der Waals surface area contributed by atoms with Crippen LogP contribution in [0.5, 0.6) is 0 Å². The topological polar surface area (TPSA) is 74.6 Å². The van der Waals surface area contributed by atoms with E-state index in [2.05, 4.69) is 40.7 Å². The highest BCUT2D eigenvalue weighted by molar-refractivity contribution is 5.92. The summed E-state index contributed by atoms with van der Waals surface area (Å²) in [5.41, 5.74) is 0.147. The number of hydrogen-bond acceptors (Lipinski definition) is 3. The van der Waals surface area contributed by atoms with Gasteiger partial charge in [-0.25, -0.2) is 0 Å². The van der Waals surface area contributed by atoms with Crippen molar-refractivity contribution in [3.8, 4) is 0 Å². The maximum atomic E-state index is 13.0. The average Bonchev–Trinajstić information content (AvgIpc) is 2.72. The highest BCUT2D eigenvalue weighted by Gasteiger charge is 2.69. The van der Waals surface area contributed by atoms with Crippen molar-refractivity contribution in [1.82, 2.24) is 0 Å². The number of fused-ring (bicyclic) bond motifs is 7. The molecule has 4 saturated carbocycles. The summed E-state index contributed by atoms with van der Waals surface area (Å²) in [4.78, 5) is 25.7. The molecule has 5 aliphatic rings. The molecule has 0 aromatic heterocycles. The van der Waals surface area contributed by atoms with Crippen molar-refractivity contribution in [1.29, 1.82) is 0 Å². The lowest BCUT2D eigenvalue weighted by Gasteiger charge is -2.71. The van der Waals surface area contributed by atoms with Crippen LogP contribution in [0.25, 0.3) is 0 Å². The van der Waals surface area contributed by atoms with Crippen molar-refractivity contribution in [2.24, 2.45) is 50.2 Å². The molecule has 190 valence electrons. The molecule has 0 unspecified atom stereocenters. The van der Waals surface area contributed by atoms with Crippen LogP contribution in [0.3, 0.4) is 0 Å². The molecular formula is C30H46O4. The Hall–Kier alpha value is -1.16. The summed E-state index contributed by atoms with van der Waals surface area (Å²) in [6, 6.07) is 0. The zero-order chi connectivity index (χ0) is 25.1. The number of aliphatic hydroxyl groups excluding tert-OH is 1. The number of rotatable bonds is 1. The second kappa shape index (κ2) is 6.99. The first kappa shape index (κ1) is 24.5. The van der Waals surface area contributed by atoms with Crippen molar-refractivity contribution in [2.75, 3.05) is 0 Å². The molecule has 0 aliphatic heterocycles. The van der Waals surface area contributed by atoms with Gasteiger partial charge in [0.2, 0.25) is 0 Å². The van der Waals surface area contributed by atoms with Gasteiger partial charge in [0.25, 0.3) is 0 Å². The Kier molecular flexibility index (Phi) is 5.04. The minimum Gasteiger partial charge on any atom is -0.481 e. The second-order valence-electron chi connectivity index (χ2n) is 14.9. The zero-order valence-electron chi connectivity index (χ0n) is 22.5. The molecule has 4 nitrogen and oxygen atoms in total. The predicted molar refractivity (Wildman–Crippen MR) is 133 cm³/mol. The number of hydrogen-bond donors (Lipinski definition) is 2. The van der Waals surface area contributed by atoms with Crippen molar-refractivity contribution in [3.63, 3.8) is 0 Å². The third kappa shape index (κ3) is 2.75. The van der Waals surface area contributed by atoms with E-state index < -0.39 is 16.8 Å². The fraction of sp³-hybridized carbons (Fsp3) is 0.867. The van der Waals surface area contributed by atoms with Gasteiger partial charge in [-0.2, -0.15) is 0 Å². The number of carbonyl (C=O) groups is 2. The Morgan fingerprint density at radius 1 is 0.941 bits per heavy atom. The van der Waals surface area contributed by atoms with Crippen LogP contribution in [0.15, 0.2) is 11.6 Å². The van der Waals surface area contributed by atoms with Gasteiger partial charge in [-0.3, -0.25) is 9.59 Å². The zero-order valence-corrected chi connectivity index (χ0v) is 22.5. The summed E-state index contributed by atoms with van der Waals surface area (Å²) < 4.78 is 0. The van der Waals surface area contributed by atoms with Crippen molar-refractivity contribution >= 4 is 11.8 Å². The van der Waals surface area contributed by atoms with Crippen molar-refractivity contribution in [2.45, 2.75) is 112 Å². The van der Waals surface area contributed by atoms with Gasteiger partial charge in [-0.15, -0.1) is 0 Å². The summed E-state index contributed by atoms with van der Waals surface area (Å²) in [5, 5.41) is 21.3. The van der Waals surface area contributed by atoms with E-state index in [1.54, 1.807) is 0 Å². The largest absolute Gasteiger partial charge is 0.481 e. The smallest absolute Gasteiger partial charge is 0.310 e. The van der Waals surface area contributed by atoms with E-state index >= 15 is 0 Å². The molecule has 0 spiro atoms. The monoisotopic (exact) mass is 470 g/mol. The van der Waals surface area contributed by atoms with Crippen molar-refractivity contribution in [3.05, 3.63) is 11.6 Å². The standard InChI is InChI=1S/C30H46O4/c1-25(2)16-19-18-8-9-21-27(5)12-11-22(31)26(3,4)20(27)10-13-29(21,7)28(18,6)14-15-30(19,24(33)34)17-23(25)32/h8,19-22,31H,9-17H2,1-7H3,(H,33,34)/t19-,20-,21-,22+,27-,28+,29+,30+/m0/s1. The maximum absolute atomic E-state index is 13.0. The SMILES string of the molecule is CC1(C)C[C@H]2C3=CC[C@H]4[C@@]5(C)CC[C@@H](O)C(C)(C)[C@@H]5CC[C@@]4(C)[C@]3(C)CC[C@@]2(C(=O)O)CC1=O. The predicted octanol–water partition coefficient (Wildman–Crippen LogP) is 6.41. The normalized spacial score (nSPS) is 51.3. The Bertz CT molecular complexity index is 961. The van der Waals surface area contributed by atoms with Gasteiger partial charge >= 0.3 is 5.97 Å². The molecule has 0 aromatic rings. The molecule has 4 fully saturated rings. The van der Waals surface area contributed by atoms with E-state index in [1.807, 2.05) is 13.8 Å². The minimum absolute atomic E-state index is 0.0375. The molecule has 34 heavy (non-hydrogen) atoms. The van der Waals surface area contributed by atoms with Gasteiger partial charge in [-0.1, -0.05) is 60.1 Å². The van der Waals surface area contributed by atoms with Crippen molar-refractivity contribution < 1.29 is 19.8 Å². The molecule has 5 rings (SSSR count). The molecule has 0 radical (unpaired) electrons. The Balaban J connectivity index is 1.61. The first-order valence-corrected chi connectivity index (χ1v) is 13.7. The number of aliphatic hydroxyl groups is 1. The van der Waals surface area contributed by atoms with Crippen LogP contribution in [-0.2, 0) is 9.59 Å². The molecule has 0 amide bonds. The van der Waals surface area contributed by atoms with E-state index in [-0.39, 0.29) is 45.9 Å². The molecule has 4 heteroatoms. The van der Waals surface area contributed by atoms with E-state index in [0.717, 1.165) is 38.5 Å². The van der Waals surface area contributed by atoms with Crippen LogP contribution in [0.2, 0.25) is 0 Å². The molecule has 8 atom stereocenters. The quantitative estimate of drug-likeness (QED) is 0.434. The summed E-state index contributed by atoms with van der Waals surface area (Å²) in [6.45, 7) is 16.0. The molecule has 0 heterocycles. The highest BCUT2D eigenvalue weighted by atomic mass is 16.4. The number of allylic oxidation sites excluding steroid dienone is 2. The third-order valence-electron chi connectivity index (χ3n) is 13.0. The maximum Gasteiger partial charge on any atom is 0.310 e. The van der Waals surface area contributed by atoms with Crippen LogP contribution in [-0.4, -0.2) is 28.1 Å². The van der Waals surface area contributed by atoms with Gasteiger partial charge < -0.3 is 10.2 Å². The minimum atomic E-state index is -0.931. The Labute approximate surface area is 206 Å². The Morgan fingerprint density at radius 2 is 1.62 bits per heavy atom. The van der Waals surface area contributed by atoms with Crippen LogP contribution < -0.4 is 0 Å². The van der Waals surface area contributed by atoms with E-state index in [0.29, 0.717) is 24.7 Å². The average molecular weight is 471 g/mol. The molecule has 0 saturated heterocycles. The lowest BCUT2D eigenvalue weighted by Crippen LogP contribution is -2.65. The number of ketones is 1. The summed E-state index contributed by atoms with van der Waals surface area (Å²) in [6.07, 6.45) is 9.74. The van der Waals surface area contributed by atoms with Gasteiger partial charge in [0, 0.05) is 11.8 Å². The third-order valence-corrected chi connectivity index (χ3v) is 13.0. The van der Waals surface area contributed by atoms with Gasteiger partial charge in [0.05, 0.1) is 11.5 Å². The number of carbonyl (C=O) groups excluding carboxylic acids is 1. The van der Waals surface area contributed by atoms with Crippen LogP contribution in [0, 0.1) is 50.2 Å². The number of Topliss-reactive ketones (excluding diaryl/α,β-unsaturated/α-hetero) is 1. The first-order valence-electron chi connectivity index (χ1n) is 13.7. The molecular weight excluding hydrogens is 424 g/mol. The van der Waals surface area contributed by atoms with Crippen LogP contribution in [0.4, 0.5) is 0 Å². The number of carboxylic acids is 1. The Morgan fingerprint density at radius 3 is 2.26 bits per heavy atom. The number of carboxylic acid groups (broad SMARTS) is 1. The lowest BCUT2D eigenvalue weighted by molar-refractivity contribution is -0.205. The summed E-state index contributed by atoms with van der Waals surface area (Å²) in [7, 11) is 0. The fourth-order valence-electron chi connectivity index (χ4n) is 10.4. The van der Waals surface area contributed by atoms with Crippen LogP contribution >= 0.6 is 0 Å². The molecule has 0 aromatic carbocycles.